The van der Waals surface area contributed by atoms with Crippen LogP contribution in [0, 0.1) is 34.6 Å². The largest absolute Gasteiger partial charge is 0.491 e. The fraction of sp³-hybridized carbons (Fsp3) is 0.396. The summed E-state index contributed by atoms with van der Waals surface area (Å²) < 4.78 is 57.1. The van der Waals surface area contributed by atoms with Crippen LogP contribution in [0.5, 0.6) is 34.8 Å². The van der Waals surface area contributed by atoms with E-state index in [0.717, 1.165) is 86.3 Å². The van der Waals surface area contributed by atoms with Gasteiger partial charge in [0.2, 0.25) is 11.8 Å². The fourth-order valence-corrected chi connectivity index (χ4v) is 6.42. The fourth-order valence-electron chi connectivity index (χ4n) is 6.42. The minimum absolute atomic E-state index is 0.275. The van der Waals surface area contributed by atoms with Crippen LogP contribution in [0.3, 0.4) is 0 Å². The van der Waals surface area contributed by atoms with Gasteiger partial charge in [0.25, 0.3) is 0 Å². The van der Waals surface area contributed by atoms with Gasteiger partial charge in [-0.15, -0.1) is 0 Å². The summed E-state index contributed by atoms with van der Waals surface area (Å²) in [7, 11) is 0. The molecule has 3 heterocycles. The van der Waals surface area contributed by atoms with Gasteiger partial charge in [-0.1, -0.05) is 24.3 Å². The van der Waals surface area contributed by atoms with Crippen molar-refractivity contribution in [3.8, 4) is 57.0 Å². The molecule has 11 heteroatoms. The van der Waals surface area contributed by atoms with Crippen molar-refractivity contribution in [1.29, 1.82) is 0 Å². The van der Waals surface area contributed by atoms with Gasteiger partial charge in [-0.25, -0.2) is 0 Å². The predicted molar refractivity (Wildman–Crippen MR) is 226 cm³/mol. The number of pyridine rings is 1. The highest BCUT2D eigenvalue weighted by Crippen LogP contribution is 2.35. The maximum atomic E-state index is 6.33. The molecule has 2 aliphatic rings. The molecule has 0 amide bonds. The van der Waals surface area contributed by atoms with Crippen LogP contribution in [0.4, 0.5) is 0 Å². The second-order valence-corrected chi connectivity index (χ2v) is 14.9. The van der Waals surface area contributed by atoms with Crippen molar-refractivity contribution in [1.82, 2.24) is 4.98 Å². The van der Waals surface area contributed by atoms with E-state index in [4.69, 9.17) is 52.4 Å². The zero-order valence-corrected chi connectivity index (χ0v) is 34.8. The lowest BCUT2D eigenvalue weighted by atomic mass is 10.0. The highest BCUT2D eigenvalue weighted by atomic mass is 16.6. The molecule has 0 spiro atoms. The molecule has 0 N–H and O–H groups in total. The molecule has 0 aliphatic carbocycles. The molecule has 2 fully saturated rings. The molecule has 1 aromatic heterocycles. The summed E-state index contributed by atoms with van der Waals surface area (Å²) in [5, 5.41) is 0. The SMILES string of the molecule is Cc1cc(Oc2ccc(-c3ccc(OCCOCCOCC4CO4)c(C)c3)cc2C)nc(Oc2ccc(-c3ccc(OCCOCCOCC4CO4)c(C)c3)cc2C)c1. The third kappa shape index (κ3) is 13.0. The first-order valence-electron chi connectivity index (χ1n) is 20.3. The standard InChI is InChI=1S/C48H55NO10/c1-32-22-47(58-45-12-8-39(26-35(45)4)37-6-10-43(33(2)24-37)54-20-18-50-14-16-52-28-41-30-56-41)49-48(23-32)59-46-13-9-40(27-36(46)5)38-7-11-44(34(3)25-38)55-21-19-51-15-17-53-29-42-31-57-42/h6-13,22-27,41-42H,14-21,28-31H2,1-5H3. The third-order valence-electron chi connectivity index (χ3n) is 9.84. The number of rotatable bonds is 24. The van der Waals surface area contributed by atoms with Gasteiger partial charge in [0.1, 0.15) is 48.4 Å². The first-order valence-corrected chi connectivity index (χ1v) is 20.3. The van der Waals surface area contributed by atoms with Crippen LogP contribution < -0.4 is 18.9 Å². The molecule has 312 valence electrons. The molecule has 2 unspecified atom stereocenters. The first kappa shape index (κ1) is 42.1. The van der Waals surface area contributed by atoms with Gasteiger partial charge in [0, 0.05) is 12.1 Å². The molecule has 0 bridgehead atoms. The van der Waals surface area contributed by atoms with E-state index in [0.29, 0.717) is 77.8 Å². The second kappa shape index (κ2) is 20.8. The van der Waals surface area contributed by atoms with E-state index in [-0.39, 0.29) is 12.2 Å². The van der Waals surface area contributed by atoms with Gasteiger partial charge in [-0.2, -0.15) is 4.98 Å². The van der Waals surface area contributed by atoms with Crippen LogP contribution in [-0.2, 0) is 28.4 Å². The molecular formula is C48H55NO10. The minimum Gasteiger partial charge on any atom is -0.491 e. The number of hydrogen-bond acceptors (Lipinski definition) is 11. The molecule has 7 rings (SSSR count). The first-order chi connectivity index (χ1) is 28.8. The summed E-state index contributed by atoms with van der Waals surface area (Å²) in [5.41, 5.74) is 9.43. The Bertz CT molecular complexity index is 2000. The van der Waals surface area contributed by atoms with E-state index in [1.807, 2.05) is 57.2 Å². The number of benzene rings is 4. The van der Waals surface area contributed by atoms with E-state index in [1.54, 1.807) is 0 Å². The van der Waals surface area contributed by atoms with Crippen LogP contribution >= 0.6 is 0 Å². The maximum Gasteiger partial charge on any atom is 0.222 e. The molecule has 2 aliphatic heterocycles. The number of aromatic nitrogens is 1. The second-order valence-electron chi connectivity index (χ2n) is 14.9. The molecule has 4 aromatic carbocycles. The summed E-state index contributed by atoms with van der Waals surface area (Å²) in [6, 6.07) is 28.6. The summed E-state index contributed by atoms with van der Waals surface area (Å²) in [4.78, 5) is 4.71. The molecule has 11 nitrogen and oxygen atoms in total. The number of epoxide rings is 2. The van der Waals surface area contributed by atoms with Crippen molar-refractivity contribution in [2.45, 2.75) is 46.8 Å². The lowest BCUT2D eigenvalue weighted by molar-refractivity contribution is 0.0316. The molecular weight excluding hydrogens is 751 g/mol. The van der Waals surface area contributed by atoms with Crippen LogP contribution in [0.2, 0.25) is 0 Å². The van der Waals surface area contributed by atoms with E-state index in [2.05, 4.69) is 62.4 Å². The van der Waals surface area contributed by atoms with Gasteiger partial charge in [-0.05, 0) is 133 Å². The van der Waals surface area contributed by atoms with Crippen LogP contribution in [0.15, 0.2) is 84.9 Å². The van der Waals surface area contributed by atoms with Crippen LogP contribution in [0.1, 0.15) is 27.8 Å². The number of aryl methyl sites for hydroxylation is 5. The Balaban J connectivity index is 0.890. The summed E-state index contributed by atoms with van der Waals surface area (Å²) in [6.07, 6.45) is 0.549. The zero-order valence-electron chi connectivity index (χ0n) is 34.8. The van der Waals surface area contributed by atoms with E-state index < -0.39 is 0 Å². The van der Waals surface area contributed by atoms with Gasteiger partial charge in [0.15, 0.2) is 0 Å². The van der Waals surface area contributed by atoms with Gasteiger partial charge in [0.05, 0.1) is 66.1 Å². The van der Waals surface area contributed by atoms with E-state index >= 15 is 0 Å². The summed E-state index contributed by atoms with van der Waals surface area (Å²) >= 11 is 0. The number of nitrogens with zero attached hydrogens (tertiary/aromatic N) is 1. The Kier molecular flexibility index (Phi) is 14.8. The van der Waals surface area contributed by atoms with Crippen LogP contribution in [0.25, 0.3) is 22.3 Å². The Labute approximate surface area is 347 Å². The average Bonchev–Trinajstić information content (AvgIpc) is 4.16. The molecule has 2 atom stereocenters. The quantitative estimate of drug-likeness (QED) is 0.0440. The average molecular weight is 806 g/mol. The summed E-state index contributed by atoms with van der Waals surface area (Å²) in [6.45, 7) is 17.2. The van der Waals surface area contributed by atoms with Crippen LogP contribution in [-0.4, -0.2) is 96.5 Å². The third-order valence-corrected chi connectivity index (χ3v) is 9.84. The smallest absolute Gasteiger partial charge is 0.222 e. The highest BCUT2D eigenvalue weighted by molar-refractivity contribution is 5.69. The van der Waals surface area contributed by atoms with Crippen molar-refractivity contribution < 1.29 is 47.4 Å². The van der Waals surface area contributed by atoms with Gasteiger partial charge >= 0.3 is 0 Å². The lowest BCUT2D eigenvalue weighted by Gasteiger charge is -2.14. The Morgan fingerprint density at radius 3 is 1.14 bits per heavy atom. The number of hydrogen-bond donors (Lipinski definition) is 0. The lowest BCUT2D eigenvalue weighted by Crippen LogP contribution is -2.12. The van der Waals surface area contributed by atoms with Gasteiger partial charge in [-0.3, -0.25) is 0 Å². The predicted octanol–water partition coefficient (Wildman–Crippen LogP) is 9.16. The van der Waals surface area contributed by atoms with Crippen molar-refractivity contribution in [3.63, 3.8) is 0 Å². The van der Waals surface area contributed by atoms with Crippen molar-refractivity contribution >= 4 is 0 Å². The van der Waals surface area contributed by atoms with E-state index in [1.165, 1.54) is 0 Å². The normalized spacial score (nSPS) is 15.5. The highest BCUT2D eigenvalue weighted by Gasteiger charge is 2.22. The Morgan fingerprint density at radius 2 is 0.780 bits per heavy atom. The topological polar surface area (TPSA) is 112 Å². The Hall–Kier alpha value is -5.01. The van der Waals surface area contributed by atoms with Crippen molar-refractivity contribution in [2.24, 2.45) is 0 Å². The molecule has 59 heavy (non-hydrogen) atoms. The van der Waals surface area contributed by atoms with E-state index in [9.17, 15) is 0 Å². The molecule has 0 radical (unpaired) electrons. The summed E-state index contributed by atoms with van der Waals surface area (Å²) in [5.74, 6) is 4.06. The van der Waals surface area contributed by atoms with Crippen molar-refractivity contribution in [3.05, 3.63) is 113 Å². The molecule has 0 saturated carbocycles. The zero-order chi connectivity index (χ0) is 41.0. The minimum atomic E-state index is 0.275. The maximum absolute atomic E-state index is 6.33. The monoisotopic (exact) mass is 805 g/mol. The number of ether oxygens (including phenoxy) is 10. The molecule has 5 aromatic rings. The van der Waals surface area contributed by atoms with Gasteiger partial charge < -0.3 is 47.4 Å². The van der Waals surface area contributed by atoms with Crippen molar-refractivity contribution in [2.75, 3.05) is 79.3 Å². The molecule has 2 saturated heterocycles. The Morgan fingerprint density at radius 1 is 0.441 bits per heavy atom.